The molecule has 0 spiro atoms. The van der Waals surface area contributed by atoms with Gasteiger partial charge >= 0.3 is 11.9 Å². The van der Waals surface area contributed by atoms with Crippen molar-refractivity contribution in [2.45, 2.75) is 13.8 Å². The highest BCUT2D eigenvalue weighted by atomic mass is 16.6. The van der Waals surface area contributed by atoms with Gasteiger partial charge in [0, 0.05) is 22.8 Å². The second kappa shape index (κ2) is 8.22. The molecule has 0 unspecified atom stereocenters. The average Bonchev–Trinajstić information content (AvgIpc) is 2.67. The number of ketones is 1. The van der Waals surface area contributed by atoms with Crippen LogP contribution in [0, 0.1) is 0 Å². The monoisotopic (exact) mass is 382 g/mol. The number of phenols is 2. The van der Waals surface area contributed by atoms with Gasteiger partial charge in [-0.2, -0.15) is 0 Å². The van der Waals surface area contributed by atoms with E-state index in [2.05, 4.69) is 13.2 Å². The van der Waals surface area contributed by atoms with Gasteiger partial charge in [0.05, 0.1) is 5.56 Å². The number of hydrogen-bond donors (Lipinski definition) is 2. The van der Waals surface area contributed by atoms with Crippen molar-refractivity contribution >= 4 is 17.7 Å². The summed E-state index contributed by atoms with van der Waals surface area (Å²) in [5, 5.41) is 20.6. The zero-order chi connectivity index (χ0) is 21.0. The summed E-state index contributed by atoms with van der Waals surface area (Å²) < 4.78 is 10.1. The lowest BCUT2D eigenvalue weighted by Gasteiger charge is -2.15. The van der Waals surface area contributed by atoms with Crippen molar-refractivity contribution in [2.75, 3.05) is 0 Å². The van der Waals surface area contributed by atoms with E-state index in [1.807, 2.05) is 0 Å². The number of carbonyl (C=O) groups excluding carboxylic acids is 3. The van der Waals surface area contributed by atoms with Gasteiger partial charge in [0.2, 0.25) is 11.5 Å². The molecule has 0 aliphatic carbocycles. The molecule has 7 nitrogen and oxygen atoms in total. The number of carbonyl (C=O) groups is 3. The minimum Gasteiger partial charge on any atom is -0.504 e. The van der Waals surface area contributed by atoms with Crippen molar-refractivity contribution in [2.24, 2.45) is 0 Å². The van der Waals surface area contributed by atoms with Crippen molar-refractivity contribution in [3.05, 3.63) is 71.8 Å². The molecule has 2 N–H and O–H groups in total. The maximum absolute atomic E-state index is 12.7. The Balaban J connectivity index is 2.63. The molecule has 0 aliphatic rings. The fraction of sp³-hybridized carbons (Fsp3) is 0.0952. The van der Waals surface area contributed by atoms with E-state index < -0.39 is 40.7 Å². The van der Waals surface area contributed by atoms with Crippen LogP contribution in [0.2, 0.25) is 0 Å². The van der Waals surface area contributed by atoms with Gasteiger partial charge in [0.25, 0.3) is 0 Å². The Kier molecular flexibility index (Phi) is 6.00. The lowest BCUT2D eigenvalue weighted by atomic mass is 10.0. The lowest BCUT2D eigenvalue weighted by Crippen LogP contribution is -2.14. The smallest absolute Gasteiger partial charge is 0.338 e. The van der Waals surface area contributed by atoms with E-state index in [9.17, 15) is 24.6 Å². The number of hydrogen-bond acceptors (Lipinski definition) is 7. The third kappa shape index (κ3) is 4.27. The maximum Gasteiger partial charge on any atom is 0.338 e. The quantitative estimate of drug-likeness (QED) is 0.259. The van der Waals surface area contributed by atoms with Crippen molar-refractivity contribution in [1.29, 1.82) is 0 Å². The number of benzene rings is 2. The van der Waals surface area contributed by atoms with Crippen LogP contribution >= 0.6 is 0 Å². The Morgan fingerprint density at radius 1 is 0.857 bits per heavy atom. The largest absolute Gasteiger partial charge is 0.504 e. The second-order valence-electron chi connectivity index (χ2n) is 5.98. The van der Waals surface area contributed by atoms with Crippen molar-refractivity contribution in [3.63, 3.8) is 0 Å². The molecule has 28 heavy (non-hydrogen) atoms. The van der Waals surface area contributed by atoms with Gasteiger partial charge < -0.3 is 19.7 Å². The molecule has 0 fully saturated rings. The third-order valence-electron chi connectivity index (χ3n) is 3.57. The molecule has 0 radical (unpaired) electrons. The predicted octanol–water partition coefficient (Wildman–Crippen LogP) is 3.29. The van der Waals surface area contributed by atoms with Crippen molar-refractivity contribution in [1.82, 2.24) is 0 Å². The Hall–Kier alpha value is -3.87. The van der Waals surface area contributed by atoms with E-state index in [0.29, 0.717) is 0 Å². The Morgan fingerprint density at radius 3 is 1.93 bits per heavy atom. The second-order valence-corrected chi connectivity index (χ2v) is 5.98. The molecule has 0 aromatic heterocycles. The van der Waals surface area contributed by atoms with Crippen molar-refractivity contribution < 1.29 is 34.1 Å². The normalized spacial score (nSPS) is 10.1. The first-order valence-electron chi connectivity index (χ1n) is 8.07. The molecule has 0 atom stereocenters. The van der Waals surface area contributed by atoms with Gasteiger partial charge in [-0.1, -0.05) is 43.5 Å². The van der Waals surface area contributed by atoms with Crippen LogP contribution in [-0.4, -0.2) is 27.9 Å². The van der Waals surface area contributed by atoms with Gasteiger partial charge in [-0.15, -0.1) is 0 Å². The molecule has 0 aliphatic heterocycles. The standard InChI is InChI=1S/C21H18O7/c1-11(2)20(25)27-15-10-14(16(22)13-8-6-5-7-9-13)17(23)18(24)19(15)28-21(26)12(3)4/h5-10,23-24H,1,3H2,2,4H3. The first-order valence-corrected chi connectivity index (χ1v) is 8.07. The highest BCUT2D eigenvalue weighted by molar-refractivity contribution is 6.12. The molecule has 0 saturated heterocycles. The Morgan fingerprint density at radius 2 is 1.39 bits per heavy atom. The highest BCUT2D eigenvalue weighted by Crippen LogP contribution is 2.46. The lowest BCUT2D eigenvalue weighted by molar-refractivity contribution is -0.132. The molecule has 0 amide bonds. The SMILES string of the molecule is C=C(C)C(=O)Oc1cc(C(=O)c2ccccc2)c(O)c(O)c1OC(=O)C(=C)C. The van der Waals surface area contributed by atoms with Gasteiger partial charge in [-0.3, -0.25) is 4.79 Å². The fourth-order valence-corrected chi connectivity index (χ4v) is 2.08. The van der Waals surface area contributed by atoms with Crippen LogP contribution in [0.5, 0.6) is 23.0 Å². The first-order chi connectivity index (χ1) is 13.1. The molecule has 2 rings (SSSR count). The van der Waals surface area contributed by atoms with Crippen LogP contribution in [0.4, 0.5) is 0 Å². The average molecular weight is 382 g/mol. The minimum atomic E-state index is -0.930. The van der Waals surface area contributed by atoms with Gasteiger partial charge in [0.1, 0.15) is 0 Å². The number of rotatable bonds is 6. The molecule has 2 aromatic carbocycles. The van der Waals surface area contributed by atoms with Crippen LogP contribution < -0.4 is 9.47 Å². The fourth-order valence-electron chi connectivity index (χ4n) is 2.08. The molecule has 144 valence electrons. The summed E-state index contributed by atoms with van der Waals surface area (Å²) >= 11 is 0. The van der Waals surface area contributed by atoms with E-state index in [4.69, 9.17) is 9.47 Å². The predicted molar refractivity (Wildman–Crippen MR) is 101 cm³/mol. The van der Waals surface area contributed by atoms with E-state index in [1.54, 1.807) is 18.2 Å². The number of phenolic OH excluding ortho intramolecular Hbond substituents is 2. The van der Waals surface area contributed by atoms with Gasteiger partial charge in [-0.05, 0) is 13.8 Å². The summed E-state index contributed by atoms with van der Waals surface area (Å²) in [6.45, 7) is 9.61. The minimum absolute atomic E-state index is 0.000469. The van der Waals surface area contributed by atoms with Crippen molar-refractivity contribution in [3.8, 4) is 23.0 Å². The zero-order valence-electron chi connectivity index (χ0n) is 15.3. The number of aromatic hydroxyl groups is 2. The Labute approximate surface area is 161 Å². The van der Waals surface area contributed by atoms with Crippen LogP contribution in [-0.2, 0) is 9.59 Å². The summed E-state index contributed by atoms with van der Waals surface area (Å²) in [6, 6.07) is 8.96. The Bertz CT molecular complexity index is 988. The molecule has 2 aromatic rings. The number of esters is 2. The molecule has 0 saturated carbocycles. The van der Waals surface area contributed by atoms with Gasteiger partial charge in [0.15, 0.2) is 17.3 Å². The zero-order valence-corrected chi connectivity index (χ0v) is 15.3. The van der Waals surface area contributed by atoms with E-state index in [1.165, 1.54) is 26.0 Å². The van der Waals surface area contributed by atoms with Crippen LogP contribution in [0.15, 0.2) is 60.7 Å². The number of ether oxygens (including phenoxy) is 2. The molecule has 0 heterocycles. The maximum atomic E-state index is 12.7. The third-order valence-corrected chi connectivity index (χ3v) is 3.57. The summed E-state index contributed by atoms with van der Waals surface area (Å²) in [7, 11) is 0. The highest BCUT2D eigenvalue weighted by Gasteiger charge is 2.27. The summed E-state index contributed by atoms with van der Waals surface area (Å²) in [5.41, 5.74) is -0.0921. The topological polar surface area (TPSA) is 110 Å². The van der Waals surface area contributed by atoms with Gasteiger partial charge in [-0.25, -0.2) is 9.59 Å². The van der Waals surface area contributed by atoms with Crippen LogP contribution in [0.3, 0.4) is 0 Å². The van der Waals surface area contributed by atoms with Crippen LogP contribution in [0.25, 0.3) is 0 Å². The summed E-state index contributed by atoms with van der Waals surface area (Å²) in [5.74, 6) is -5.25. The summed E-state index contributed by atoms with van der Waals surface area (Å²) in [4.78, 5) is 36.5. The van der Waals surface area contributed by atoms with E-state index in [0.717, 1.165) is 6.07 Å². The molecular formula is C21H18O7. The molecular weight excluding hydrogens is 364 g/mol. The molecule has 0 bridgehead atoms. The summed E-state index contributed by atoms with van der Waals surface area (Å²) in [6.07, 6.45) is 0. The van der Waals surface area contributed by atoms with Crippen LogP contribution in [0.1, 0.15) is 29.8 Å². The molecule has 7 heteroatoms. The van der Waals surface area contributed by atoms with E-state index >= 15 is 0 Å². The van der Waals surface area contributed by atoms with E-state index in [-0.39, 0.29) is 22.3 Å². The first kappa shape index (κ1) is 20.4.